The van der Waals surface area contributed by atoms with Crippen LogP contribution in [0, 0.1) is 0 Å². The number of halogens is 1. The summed E-state index contributed by atoms with van der Waals surface area (Å²) < 4.78 is 0. The predicted octanol–water partition coefficient (Wildman–Crippen LogP) is 4.59. The van der Waals surface area contributed by atoms with Crippen molar-refractivity contribution < 1.29 is 0 Å². The number of thiazole rings is 1. The predicted molar refractivity (Wildman–Crippen MR) is 117 cm³/mol. The second-order valence-corrected chi connectivity index (χ2v) is 7.67. The minimum Gasteiger partial charge on any atom is -0.357 e. The molecule has 134 valence electrons. The number of hydrogen-bond acceptors (Lipinski definition) is 4. The summed E-state index contributed by atoms with van der Waals surface area (Å²) in [6, 6.07) is 4.29. The summed E-state index contributed by atoms with van der Waals surface area (Å²) in [4.78, 5) is 13.0. The molecular weight excluding hydrogens is 451 g/mol. The number of guanidine groups is 1. The Kier molecular flexibility index (Phi) is 9.84. The highest BCUT2D eigenvalue weighted by molar-refractivity contribution is 14.0. The quantitative estimate of drug-likeness (QED) is 0.360. The molecule has 0 radical (unpaired) electrons. The number of rotatable bonds is 7. The maximum atomic E-state index is 4.74. The molecule has 1 N–H and O–H groups in total. The zero-order chi connectivity index (χ0) is 16.7. The summed E-state index contributed by atoms with van der Waals surface area (Å²) in [5.41, 5.74) is 1.06. The Labute approximate surface area is 170 Å². The molecular formula is C17H27IN4S2. The molecule has 0 spiro atoms. The number of likely N-dealkylation sites (N-methyl/N-ethyl adjacent to an activating group) is 1. The van der Waals surface area contributed by atoms with Crippen LogP contribution in [0.25, 0.3) is 0 Å². The van der Waals surface area contributed by atoms with Crippen LogP contribution in [0.3, 0.4) is 0 Å². The lowest BCUT2D eigenvalue weighted by atomic mass is 10.2. The van der Waals surface area contributed by atoms with Crippen LogP contribution in [-0.4, -0.2) is 36.0 Å². The second kappa shape index (κ2) is 11.0. The van der Waals surface area contributed by atoms with Crippen LogP contribution in [0.15, 0.2) is 27.9 Å². The maximum Gasteiger partial charge on any atom is 0.194 e. The molecule has 0 unspecified atom stereocenters. The summed E-state index contributed by atoms with van der Waals surface area (Å²) in [5.74, 6) is 1.43. The van der Waals surface area contributed by atoms with E-state index < -0.39 is 0 Å². The first kappa shape index (κ1) is 21.4. The number of hydrogen-bond donors (Lipinski definition) is 1. The Morgan fingerprint density at radius 3 is 2.75 bits per heavy atom. The van der Waals surface area contributed by atoms with Gasteiger partial charge in [0.2, 0.25) is 0 Å². The lowest BCUT2D eigenvalue weighted by Crippen LogP contribution is -2.39. The number of nitrogens with zero attached hydrogens (tertiary/aromatic N) is 3. The van der Waals surface area contributed by atoms with Gasteiger partial charge in [-0.05, 0) is 24.8 Å². The van der Waals surface area contributed by atoms with Gasteiger partial charge < -0.3 is 10.2 Å². The Morgan fingerprint density at radius 1 is 1.38 bits per heavy atom. The van der Waals surface area contributed by atoms with Crippen molar-refractivity contribution in [3.8, 4) is 0 Å². The summed E-state index contributed by atoms with van der Waals surface area (Å²) in [6.45, 7) is 8.91. The first-order chi connectivity index (χ1) is 11.1. The van der Waals surface area contributed by atoms with Crippen molar-refractivity contribution in [1.82, 2.24) is 15.2 Å². The van der Waals surface area contributed by atoms with Crippen molar-refractivity contribution in [3.05, 3.63) is 38.5 Å². The van der Waals surface area contributed by atoms with E-state index in [-0.39, 0.29) is 24.0 Å². The summed E-state index contributed by atoms with van der Waals surface area (Å²) in [5, 5.41) is 8.80. The van der Waals surface area contributed by atoms with E-state index in [1.54, 1.807) is 11.3 Å². The summed E-state index contributed by atoms with van der Waals surface area (Å²) in [7, 11) is 2.09. The standard InChI is InChI=1S/C17H26N4S2.HI/c1-5-18-17(21(4)9-8-15-7-6-10-22-15)19-11-14-12-23-16(20-14)13(2)3;/h6-7,10,12-13H,5,8-9,11H2,1-4H3,(H,18,19);1H. The van der Waals surface area contributed by atoms with Gasteiger partial charge in [0.15, 0.2) is 5.96 Å². The van der Waals surface area contributed by atoms with Gasteiger partial charge in [-0.25, -0.2) is 9.98 Å². The molecule has 2 rings (SSSR count). The molecule has 2 aromatic heterocycles. The topological polar surface area (TPSA) is 40.5 Å². The van der Waals surface area contributed by atoms with Crippen LogP contribution in [-0.2, 0) is 13.0 Å². The van der Waals surface area contributed by atoms with Gasteiger partial charge in [0.1, 0.15) is 0 Å². The van der Waals surface area contributed by atoms with Crippen LogP contribution in [0.2, 0.25) is 0 Å². The monoisotopic (exact) mass is 478 g/mol. The van der Waals surface area contributed by atoms with E-state index in [2.05, 4.69) is 65.9 Å². The molecule has 0 saturated carbocycles. The van der Waals surface area contributed by atoms with Crippen molar-refractivity contribution in [1.29, 1.82) is 0 Å². The molecule has 0 atom stereocenters. The van der Waals surface area contributed by atoms with Crippen LogP contribution in [0.1, 0.15) is 42.3 Å². The van der Waals surface area contributed by atoms with E-state index in [0.717, 1.165) is 31.2 Å². The smallest absolute Gasteiger partial charge is 0.194 e. The molecule has 0 amide bonds. The van der Waals surface area contributed by atoms with E-state index in [9.17, 15) is 0 Å². The molecule has 0 saturated heterocycles. The molecule has 24 heavy (non-hydrogen) atoms. The third kappa shape index (κ3) is 6.68. The number of thiophene rings is 1. The molecule has 0 aliphatic rings. The van der Waals surface area contributed by atoms with Gasteiger partial charge >= 0.3 is 0 Å². The Balaban J connectivity index is 0.00000288. The van der Waals surface area contributed by atoms with Gasteiger partial charge in [-0.3, -0.25) is 0 Å². The highest BCUT2D eigenvalue weighted by Gasteiger charge is 2.08. The normalized spacial score (nSPS) is 11.5. The zero-order valence-corrected chi connectivity index (χ0v) is 18.7. The molecule has 0 fully saturated rings. The Bertz CT molecular complexity index is 608. The van der Waals surface area contributed by atoms with Gasteiger partial charge in [0, 0.05) is 36.3 Å². The van der Waals surface area contributed by atoms with Crippen LogP contribution in [0.5, 0.6) is 0 Å². The maximum absolute atomic E-state index is 4.74. The van der Waals surface area contributed by atoms with Crippen LogP contribution < -0.4 is 5.32 Å². The minimum atomic E-state index is 0. The lowest BCUT2D eigenvalue weighted by molar-refractivity contribution is 0.486. The fourth-order valence-corrected chi connectivity index (χ4v) is 3.65. The third-order valence-corrected chi connectivity index (χ3v) is 5.55. The zero-order valence-electron chi connectivity index (χ0n) is 14.8. The summed E-state index contributed by atoms with van der Waals surface area (Å²) in [6.07, 6.45) is 1.05. The van der Waals surface area contributed by atoms with E-state index in [4.69, 9.17) is 4.99 Å². The lowest BCUT2D eigenvalue weighted by Gasteiger charge is -2.21. The molecule has 2 heterocycles. The van der Waals surface area contributed by atoms with Gasteiger partial charge in [-0.15, -0.1) is 46.7 Å². The fourth-order valence-electron chi connectivity index (χ4n) is 2.12. The third-order valence-electron chi connectivity index (χ3n) is 3.42. The SMILES string of the molecule is CCNC(=NCc1csc(C(C)C)n1)N(C)CCc1cccs1.I. The Hall–Kier alpha value is -0.670. The van der Waals surface area contributed by atoms with Crippen molar-refractivity contribution in [2.24, 2.45) is 4.99 Å². The van der Waals surface area contributed by atoms with Gasteiger partial charge in [-0.2, -0.15) is 0 Å². The molecule has 0 aliphatic heterocycles. The molecule has 7 heteroatoms. The minimum absolute atomic E-state index is 0. The first-order valence-electron chi connectivity index (χ1n) is 8.06. The average Bonchev–Trinajstić information content (AvgIpc) is 3.20. The highest BCUT2D eigenvalue weighted by atomic mass is 127. The molecule has 0 bridgehead atoms. The van der Waals surface area contributed by atoms with E-state index in [1.807, 2.05) is 11.3 Å². The number of aromatic nitrogens is 1. The van der Waals surface area contributed by atoms with Crippen molar-refractivity contribution in [2.45, 2.75) is 39.7 Å². The first-order valence-corrected chi connectivity index (χ1v) is 9.82. The van der Waals surface area contributed by atoms with E-state index in [1.165, 1.54) is 9.88 Å². The number of aliphatic imine (C=N–C) groups is 1. The van der Waals surface area contributed by atoms with Gasteiger partial charge in [-0.1, -0.05) is 19.9 Å². The fraction of sp³-hybridized carbons (Fsp3) is 0.529. The van der Waals surface area contributed by atoms with Gasteiger partial charge in [0.25, 0.3) is 0 Å². The molecule has 0 aromatic carbocycles. The largest absolute Gasteiger partial charge is 0.357 e. The molecule has 4 nitrogen and oxygen atoms in total. The highest BCUT2D eigenvalue weighted by Crippen LogP contribution is 2.19. The molecule has 0 aliphatic carbocycles. The average molecular weight is 478 g/mol. The van der Waals surface area contributed by atoms with E-state index in [0.29, 0.717) is 12.5 Å². The van der Waals surface area contributed by atoms with Crippen LogP contribution in [0.4, 0.5) is 0 Å². The van der Waals surface area contributed by atoms with Crippen molar-refractivity contribution >= 4 is 52.6 Å². The summed E-state index contributed by atoms with van der Waals surface area (Å²) >= 11 is 3.54. The van der Waals surface area contributed by atoms with Crippen LogP contribution >= 0.6 is 46.7 Å². The van der Waals surface area contributed by atoms with Crippen molar-refractivity contribution in [2.75, 3.05) is 20.1 Å². The molecule has 2 aromatic rings. The number of nitrogens with one attached hydrogen (secondary N) is 1. The van der Waals surface area contributed by atoms with Gasteiger partial charge in [0.05, 0.1) is 17.2 Å². The van der Waals surface area contributed by atoms with Crippen molar-refractivity contribution in [3.63, 3.8) is 0 Å². The second-order valence-electron chi connectivity index (χ2n) is 5.75. The van der Waals surface area contributed by atoms with E-state index >= 15 is 0 Å². The Morgan fingerprint density at radius 2 is 2.17 bits per heavy atom.